The first kappa shape index (κ1) is 13.4. The Bertz CT molecular complexity index is 737. The van der Waals surface area contributed by atoms with Crippen molar-refractivity contribution in [3.8, 4) is 0 Å². The number of hydroxylamine groups is 1. The second-order valence-corrected chi connectivity index (χ2v) is 4.87. The van der Waals surface area contributed by atoms with Crippen molar-refractivity contribution < 1.29 is 18.9 Å². The summed E-state index contributed by atoms with van der Waals surface area (Å²) in [7, 11) is 0. The van der Waals surface area contributed by atoms with Crippen LogP contribution in [0.3, 0.4) is 0 Å². The van der Waals surface area contributed by atoms with E-state index in [4.69, 9.17) is 19.8 Å². The Balaban J connectivity index is 1.95. The number of hydrogen-bond acceptors (Lipinski definition) is 7. The molecule has 0 saturated carbocycles. The molecule has 0 saturated heterocycles. The van der Waals surface area contributed by atoms with E-state index in [0.29, 0.717) is 29.1 Å². The highest BCUT2D eigenvalue weighted by molar-refractivity contribution is 5.91. The molecule has 2 heterocycles. The van der Waals surface area contributed by atoms with Gasteiger partial charge < -0.3 is 15.0 Å². The molecule has 1 aliphatic rings. The number of aromatic nitrogens is 1. The summed E-state index contributed by atoms with van der Waals surface area (Å²) in [4.78, 5) is 17.3. The number of nitrogen functional groups attached to an aromatic ring is 1. The summed E-state index contributed by atoms with van der Waals surface area (Å²) in [6.07, 6.45) is 1.68. The molecule has 1 aromatic heterocycles. The minimum atomic E-state index is -1.15. The molecule has 3 N–H and O–H groups in total. The second-order valence-electron chi connectivity index (χ2n) is 4.87. The number of carbonyl (C=O) groups is 1. The van der Waals surface area contributed by atoms with Crippen molar-refractivity contribution >= 4 is 28.5 Å². The van der Waals surface area contributed by atoms with Crippen LogP contribution in [0.1, 0.15) is 19.4 Å². The molecule has 0 spiro atoms. The number of fused-ring (bicyclic) bond motifs is 1. The molecule has 3 rings (SSSR count). The molecule has 110 valence electrons. The molecule has 0 amide bonds. The lowest BCUT2D eigenvalue weighted by Crippen LogP contribution is -2.37. The van der Waals surface area contributed by atoms with E-state index in [9.17, 15) is 4.79 Å². The zero-order valence-corrected chi connectivity index (χ0v) is 11.7. The second kappa shape index (κ2) is 4.78. The van der Waals surface area contributed by atoms with E-state index in [1.165, 1.54) is 0 Å². The molecular formula is C14H15N3O4. The number of hydrogen-bond donors (Lipinski definition) is 2. The fourth-order valence-electron chi connectivity index (χ4n) is 2.14. The van der Waals surface area contributed by atoms with Gasteiger partial charge in [-0.2, -0.15) is 0 Å². The number of carbonyl (C=O) groups excluding carboxylic acids is 1. The Morgan fingerprint density at radius 3 is 3.10 bits per heavy atom. The minimum absolute atomic E-state index is 0.296. The fourth-order valence-corrected chi connectivity index (χ4v) is 2.14. The Morgan fingerprint density at radius 1 is 1.52 bits per heavy atom. The quantitative estimate of drug-likeness (QED) is 0.828. The van der Waals surface area contributed by atoms with Crippen LogP contribution < -0.4 is 11.2 Å². The largest absolute Gasteiger partial charge is 0.464 e. The Kier molecular flexibility index (Phi) is 3.06. The molecule has 7 heteroatoms. The zero-order valence-electron chi connectivity index (χ0n) is 11.7. The van der Waals surface area contributed by atoms with Crippen LogP contribution in [0, 0.1) is 0 Å². The van der Waals surface area contributed by atoms with E-state index in [0.717, 1.165) is 5.56 Å². The Morgan fingerprint density at radius 2 is 2.33 bits per heavy atom. The third-order valence-electron chi connectivity index (χ3n) is 3.28. The monoisotopic (exact) mass is 289 g/mol. The number of nitrogens with two attached hydrogens (primary N) is 1. The van der Waals surface area contributed by atoms with Crippen LogP contribution in [0.4, 0.5) is 5.82 Å². The summed E-state index contributed by atoms with van der Waals surface area (Å²) in [6, 6.07) is 5.41. The third-order valence-corrected chi connectivity index (χ3v) is 3.28. The number of nitrogens with one attached hydrogen (secondary N) is 1. The molecular weight excluding hydrogens is 274 g/mol. The van der Waals surface area contributed by atoms with Crippen LogP contribution in [0.25, 0.3) is 16.7 Å². The summed E-state index contributed by atoms with van der Waals surface area (Å²) < 4.78 is 10.1. The van der Waals surface area contributed by atoms with Gasteiger partial charge in [-0.25, -0.2) is 4.79 Å². The van der Waals surface area contributed by atoms with Gasteiger partial charge in [-0.1, -0.05) is 5.16 Å². The van der Waals surface area contributed by atoms with Crippen molar-refractivity contribution in [3.05, 3.63) is 29.8 Å². The molecule has 1 aliphatic heterocycles. The van der Waals surface area contributed by atoms with Crippen molar-refractivity contribution in [2.45, 2.75) is 19.4 Å². The van der Waals surface area contributed by atoms with Gasteiger partial charge in [0, 0.05) is 5.56 Å². The maximum atomic E-state index is 11.9. The topological polar surface area (TPSA) is 99.6 Å². The molecule has 0 fully saturated rings. The average molecular weight is 289 g/mol. The van der Waals surface area contributed by atoms with Gasteiger partial charge in [-0.15, -0.1) is 0 Å². The number of esters is 1. The lowest BCUT2D eigenvalue weighted by molar-refractivity contribution is -0.166. The standard InChI is InChI=1S/C14H15N3O4/c1-3-19-13(18)14(2)7-10(16-21-14)8-4-5-11-9(6-8)12(15)17-20-11/h4-7,16H,3H2,1-2H3,(H2,15,17). The van der Waals surface area contributed by atoms with E-state index in [1.54, 1.807) is 26.0 Å². The zero-order chi connectivity index (χ0) is 15.0. The molecule has 0 aliphatic carbocycles. The van der Waals surface area contributed by atoms with Gasteiger partial charge in [0.1, 0.15) is 0 Å². The average Bonchev–Trinajstić information content (AvgIpc) is 3.04. The maximum absolute atomic E-state index is 11.9. The maximum Gasteiger partial charge on any atom is 0.345 e. The van der Waals surface area contributed by atoms with Crippen LogP contribution in [0.5, 0.6) is 0 Å². The minimum Gasteiger partial charge on any atom is -0.464 e. The highest BCUT2D eigenvalue weighted by Gasteiger charge is 2.39. The molecule has 1 atom stereocenters. The van der Waals surface area contributed by atoms with Crippen molar-refractivity contribution in [2.75, 3.05) is 12.3 Å². The van der Waals surface area contributed by atoms with E-state index < -0.39 is 11.6 Å². The Hall–Kier alpha value is -2.54. The molecule has 0 bridgehead atoms. The van der Waals surface area contributed by atoms with Crippen molar-refractivity contribution in [3.63, 3.8) is 0 Å². The predicted molar refractivity (Wildman–Crippen MR) is 75.7 cm³/mol. The van der Waals surface area contributed by atoms with E-state index in [1.807, 2.05) is 12.1 Å². The number of nitrogens with zero attached hydrogens (tertiary/aromatic N) is 1. The fraction of sp³-hybridized carbons (Fsp3) is 0.286. The van der Waals surface area contributed by atoms with Gasteiger partial charge in [-0.05, 0) is 38.1 Å². The highest BCUT2D eigenvalue weighted by atomic mass is 16.7. The summed E-state index contributed by atoms with van der Waals surface area (Å²) in [5.74, 6) is -0.127. The van der Waals surface area contributed by atoms with Gasteiger partial charge in [0.25, 0.3) is 0 Å². The molecule has 2 aromatic rings. The van der Waals surface area contributed by atoms with Crippen molar-refractivity contribution in [1.29, 1.82) is 0 Å². The van der Waals surface area contributed by atoms with Gasteiger partial charge in [-0.3, -0.25) is 10.3 Å². The Labute approximate surface area is 120 Å². The first-order valence-corrected chi connectivity index (χ1v) is 6.53. The first-order valence-electron chi connectivity index (χ1n) is 6.53. The predicted octanol–water partition coefficient (Wildman–Crippen LogP) is 1.61. The van der Waals surface area contributed by atoms with E-state index in [2.05, 4.69) is 10.6 Å². The SMILES string of the molecule is CCOC(=O)C1(C)C=C(c2ccc3onc(N)c3c2)NO1. The van der Waals surface area contributed by atoms with Crippen LogP contribution in [0.2, 0.25) is 0 Å². The normalized spacial score (nSPS) is 21.1. The van der Waals surface area contributed by atoms with Crippen LogP contribution in [0.15, 0.2) is 28.8 Å². The number of anilines is 1. The summed E-state index contributed by atoms with van der Waals surface area (Å²) >= 11 is 0. The van der Waals surface area contributed by atoms with Crippen molar-refractivity contribution in [1.82, 2.24) is 10.6 Å². The molecule has 1 aromatic carbocycles. The van der Waals surface area contributed by atoms with Gasteiger partial charge >= 0.3 is 5.97 Å². The van der Waals surface area contributed by atoms with Crippen LogP contribution in [-0.2, 0) is 14.4 Å². The van der Waals surface area contributed by atoms with Crippen LogP contribution >= 0.6 is 0 Å². The molecule has 0 radical (unpaired) electrons. The van der Waals surface area contributed by atoms with Crippen LogP contribution in [-0.4, -0.2) is 23.3 Å². The van der Waals surface area contributed by atoms with Gasteiger partial charge in [0.2, 0.25) is 5.60 Å². The summed E-state index contributed by atoms with van der Waals surface area (Å²) in [6.45, 7) is 3.68. The third kappa shape index (κ3) is 2.21. The molecule has 1 unspecified atom stereocenters. The van der Waals surface area contributed by atoms with E-state index in [-0.39, 0.29) is 0 Å². The number of rotatable bonds is 3. The number of benzene rings is 1. The van der Waals surface area contributed by atoms with Crippen molar-refractivity contribution in [2.24, 2.45) is 0 Å². The molecule has 21 heavy (non-hydrogen) atoms. The first-order chi connectivity index (χ1) is 10.0. The van der Waals surface area contributed by atoms with Gasteiger partial charge in [0.05, 0.1) is 17.7 Å². The summed E-state index contributed by atoms with van der Waals surface area (Å²) in [5, 5.41) is 4.41. The smallest absolute Gasteiger partial charge is 0.345 e. The van der Waals surface area contributed by atoms with E-state index >= 15 is 0 Å². The highest BCUT2D eigenvalue weighted by Crippen LogP contribution is 2.30. The van der Waals surface area contributed by atoms with Gasteiger partial charge in [0.15, 0.2) is 11.4 Å². The molecule has 7 nitrogen and oxygen atoms in total. The lowest BCUT2D eigenvalue weighted by Gasteiger charge is -2.17. The summed E-state index contributed by atoms with van der Waals surface area (Å²) in [5.41, 5.74) is 9.40. The lowest BCUT2D eigenvalue weighted by atomic mass is 10.0. The number of ether oxygens (including phenoxy) is 1.